The molecular formula is C26H41N3O5. The largest absolute Gasteiger partial charge is 0.490 e. The summed E-state index contributed by atoms with van der Waals surface area (Å²) in [5, 5.41) is 25.3. The molecule has 2 heterocycles. The number of ether oxygens (including phenoxy) is 1. The molecule has 4 atom stereocenters. The van der Waals surface area contributed by atoms with Gasteiger partial charge >= 0.3 is 11.7 Å². The van der Waals surface area contributed by atoms with Crippen molar-refractivity contribution in [1.29, 1.82) is 0 Å². The highest BCUT2D eigenvalue weighted by Crippen LogP contribution is 2.51. The molecule has 1 aromatic carbocycles. The second-order valence-corrected chi connectivity index (χ2v) is 11.2. The van der Waals surface area contributed by atoms with Gasteiger partial charge in [0.1, 0.15) is 0 Å². The van der Waals surface area contributed by atoms with Gasteiger partial charge in [-0.1, -0.05) is 53.4 Å². The van der Waals surface area contributed by atoms with E-state index >= 15 is 0 Å². The van der Waals surface area contributed by atoms with Gasteiger partial charge in [-0.25, -0.2) is 0 Å². The summed E-state index contributed by atoms with van der Waals surface area (Å²) in [6.45, 7) is 11.1. The zero-order valence-electron chi connectivity index (χ0n) is 21.3. The number of aliphatic carboxylic acids is 1. The Balaban J connectivity index is 1.82. The van der Waals surface area contributed by atoms with Gasteiger partial charge in [0, 0.05) is 42.8 Å². The zero-order valence-corrected chi connectivity index (χ0v) is 21.3. The summed E-state index contributed by atoms with van der Waals surface area (Å²) in [7, 11) is 1.44. The molecule has 0 radical (unpaired) electrons. The molecule has 1 aromatic rings. The van der Waals surface area contributed by atoms with Crippen LogP contribution in [0.1, 0.15) is 66.2 Å². The number of nitrogens with one attached hydrogen (secondary N) is 1. The second-order valence-electron chi connectivity index (χ2n) is 11.2. The molecule has 1 spiro atoms. The van der Waals surface area contributed by atoms with E-state index in [4.69, 9.17) is 4.74 Å². The number of rotatable bonds is 11. The maximum atomic E-state index is 12.4. The van der Waals surface area contributed by atoms with Crippen molar-refractivity contribution in [2.45, 2.75) is 72.3 Å². The van der Waals surface area contributed by atoms with E-state index in [1.54, 1.807) is 12.1 Å². The number of carboxylic acid groups (broad SMARTS) is 1. The number of benzene rings is 1. The fraction of sp³-hybridized carbons (Fsp3) is 0.731. The third kappa shape index (κ3) is 5.32. The summed E-state index contributed by atoms with van der Waals surface area (Å²) in [4.78, 5) is 25.7. The van der Waals surface area contributed by atoms with Crippen LogP contribution in [0.15, 0.2) is 18.2 Å². The molecule has 0 aliphatic carbocycles. The lowest BCUT2D eigenvalue weighted by Crippen LogP contribution is -2.69. The van der Waals surface area contributed by atoms with Crippen molar-refractivity contribution in [2.24, 2.45) is 22.7 Å². The molecule has 0 saturated carbocycles. The third-order valence-electron chi connectivity index (χ3n) is 7.92. The number of nitro groups is 1. The van der Waals surface area contributed by atoms with Gasteiger partial charge in [0.05, 0.1) is 18.0 Å². The van der Waals surface area contributed by atoms with E-state index in [-0.39, 0.29) is 40.1 Å². The summed E-state index contributed by atoms with van der Waals surface area (Å²) in [5.41, 5.74) is 0.598. The minimum absolute atomic E-state index is 0.00512. The van der Waals surface area contributed by atoms with Crippen molar-refractivity contribution in [2.75, 3.05) is 31.6 Å². The van der Waals surface area contributed by atoms with Crippen LogP contribution in [-0.2, 0) is 4.79 Å². The van der Waals surface area contributed by atoms with Crippen molar-refractivity contribution >= 4 is 17.3 Å². The molecule has 0 aromatic heterocycles. The molecule has 2 aliphatic heterocycles. The van der Waals surface area contributed by atoms with Gasteiger partial charge in [-0.15, -0.1) is 0 Å². The number of carbonyl (C=O) groups is 1. The maximum absolute atomic E-state index is 12.4. The first kappa shape index (κ1) is 26.3. The Morgan fingerprint density at radius 3 is 2.62 bits per heavy atom. The molecule has 190 valence electrons. The molecule has 2 aliphatic rings. The standard InChI is InChI=1S/C26H41N3O5/c1-6-7-8-9-10-19(24(30)31)22(25(2,3)4)23-26(16-27-23)13-14-28(17-26)18-11-12-21(34-5)20(15-18)29(32)33/h11-12,15,19,22-23,27H,6-10,13-14,16-17H2,1-5H3,(H,30,31). The monoisotopic (exact) mass is 475 g/mol. The van der Waals surface area contributed by atoms with E-state index in [2.05, 4.69) is 37.9 Å². The van der Waals surface area contributed by atoms with Crippen LogP contribution >= 0.6 is 0 Å². The van der Waals surface area contributed by atoms with Crippen molar-refractivity contribution in [1.82, 2.24) is 5.32 Å². The first-order valence-corrected chi connectivity index (χ1v) is 12.6. The van der Waals surface area contributed by atoms with E-state index in [9.17, 15) is 20.0 Å². The fourth-order valence-corrected chi connectivity index (χ4v) is 6.13. The number of methoxy groups -OCH3 is 1. The number of anilines is 1. The Morgan fingerprint density at radius 2 is 2.09 bits per heavy atom. The Labute approximate surface area is 203 Å². The van der Waals surface area contributed by atoms with Crippen LogP contribution in [0, 0.1) is 32.8 Å². The number of nitrogens with zero attached hydrogens (tertiary/aromatic N) is 2. The number of hydrogen-bond acceptors (Lipinski definition) is 6. The minimum atomic E-state index is -0.694. The molecular weight excluding hydrogens is 434 g/mol. The smallest absolute Gasteiger partial charge is 0.312 e. The van der Waals surface area contributed by atoms with E-state index < -0.39 is 10.9 Å². The Morgan fingerprint density at radius 1 is 1.35 bits per heavy atom. The number of nitro benzene ring substituents is 1. The van der Waals surface area contributed by atoms with Crippen LogP contribution in [-0.4, -0.2) is 48.8 Å². The fourth-order valence-electron chi connectivity index (χ4n) is 6.13. The summed E-state index contributed by atoms with van der Waals surface area (Å²) in [6, 6.07) is 5.23. The van der Waals surface area contributed by atoms with E-state index in [0.29, 0.717) is 6.42 Å². The van der Waals surface area contributed by atoms with Gasteiger partial charge in [0.2, 0.25) is 0 Å². The van der Waals surface area contributed by atoms with E-state index in [0.717, 1.165) is 57.4 Å². The number of carboxylic acids is 1. The van der Waals surface area contributed by atoms with Crippen molar-refractivity contribution < 1.29 is 19.6 Å². The highest BCUT2D eigenvalue weighted by atomic mass is 16.6. The lowest BCUT2D eigenvalue weighted by Gasteiger charge is -2.56. The molecule has 3 rings (SSSR count). The molecule has 2 saturated heterocycles. The summed E-state index contributed by atoms with van der Waals surface area (Å²) in [5.74, 6) is -0.819. The van der Waals surface area contributed by atoms with Gasteiger partial charge in [0.25, 0.3) is 0 Å². The Hall–Kier alpha value is -2.35. The van der Waals surface area contributed by atoms with Crippen LogP contribution < -0.4 is 15.0 Å². The van der Waals surface area contributed by atoms with Gasteiger partial charge in [0.15, 0.2) is 5.75 Å². The van der Waals surface area contributed by atoms with Gasteiger partial charge in [-0.05, 0) is 36.3 Å². The molecule has 8 heteroatoms. The predicted octanol–water partition coefficient (Wildman–Crippen LogP) is 5.11. The van der Waals surface area contributed by atoms with E-state index in [1.807, 2.05) is 6.07 Å². The van der Waals surface area contributed by atoms with Crippen LogP contribution in [0.25, 0.3) is 0 Å². The molecule has 2 N–H and O–H groups in total. The molecule has 4 unspecified atom stereocenters. The lowest BCUT2D eigenvalue weighted by molar-refractivity contribution is -0.385. The summed E-state index contributed by atoms with van der Waals surface area (Å²) < 4.78 is 5.15. The number of unbranched alkanes of at least 4 members (excludes halogenated alkanes) is 3. The molecule has 8 nitrogen and oxygen atoms in total. The normalized spacial score (nSPS) is 24.0. The van der Waals surface area contributed by atoms with Crippen LogP contribution in [0.4, 0.5) is 11.4 Å². The topological polar surface area (TPSA) is 105 Å². The van der Waals surface area contributed by atoms with Crippen LogP contribution in [0.2, 0.25) is 0 Å². The second kappa shape index (κ2) is 10.5. The summed E-state index contributed by atoms with van der Waals surface area (Å²) in [6.07, 6.45) is 5.94. The quantitative estimate of drug-likeness (QED) is 0.260. The van der Waals surface area contributed by atoms with Crippen molar-refractivity contribution in [3.05, 3.63) is 28.3 Å². The van der Waals surface area contributed by atoms with Gasteiger partial charge in [-0.2, -0.15) is 0 Å². The van der Waals surface area contributed by atoms with Gasteiger partial charge < -0.3 is 20.1 Å². The summed E-state index contributed by atoms with van der Waals surface area (Å²) >= 11 is 0. The first-order valence-electron chi connectivity index (χ1n) is 12.6. The van der Waals surface area contributed by atoms with Crippen molar-refractivity contribution in [3.63, 3.8) is 0 Å². The van der Waals surface area contributed by atoms with Crippen molar-refractivity contribution in [3.8, 4) is 5.75 Å². The van der Waals surface area contributed by atoms with Crippen LogP contribution in [0.3, 0.4) is 0 Å². The molecule has 34 heavy (non-hydrogen) atoms. The molecule has 0 bridgehead atoms. The SMILES string of the molecule is CCCCCCC(C(=O)O)C(C1NCC12CCN(c1ccc(OC)c([N+](=O)[O-])c1)C2)C(C)(C)C. The lowest BCUT2D eigenvalue weighted by atomic mass is 9.57. The zero-order chi connectivity index (χ0) is 25.1. The number of hydrogen-bond donors (Lipinski definition) is 2. The average Bonchev–Trinajstić information content (AvgIpc) is 3.24. The Bertz CT molecular complexity index is 884. The third-order valence-corrected chi connectivity index (χ3v) is 7.92. The van der Waals surface area contributed by atoms with Crippen LogP contribution in [0.5, 0.6) is 5.75 Å². The predicted molar refractivity (Wildman–Crippen MR) is 134 cm³/mol. The van der Waals surface area contributed by atoms with E-state index in [1.165, 1.54) is 7.11 Å². The average molecular weight is 476 g/mol. The highest BCUT2D eigenvalue weighted by Gasteiger charge is 2.57. The molecule has 0 amide bonds. The highest BCUT2D eigenvalue weighted by molar-refractivity contribution is 5.70. The first-order chi connectivity index (χ1) is 16.0. The van der Waals surface area contributed by atoms with Gasteiger partial charge in [-0.3, -0.25) is 14.9 Å². The minimum Gasteiger partial charge on any atom is -0.490 e. The maximum Gasteiger partial charge on any atom is 0.312 e. The Kier molecular flexibility index (Phi) is 8.11. The molecule has 2 fully saturated rings.